The van der Waals surface area contributed by atoms with E-state index >= 15 is 0 Å². The maximum absolute atomic E-state index is 10.1. The molecule has 1 aliphatic heterocycles. The first-order valence-electron chi connectivity index (χ1n) is 8.79. The van der Waals surface area contributed by atoms with E-state index in [-0.39, 0.29) is 0 Å². The van der Waals surface area contributed by atoms with Crippen molar-refractivity contribution < 1.29 is 9.84 Å². The third kappa shape index (κ3) is 5.63. The van der Waals surface area contributed by atoms with Crippen LogP contribution < -0.4 is 9.64 Å². The number of aliphatic hydroxyl groups excluding tert-OH is 1. The average molecular weight is 361 g/mol. The van der Waals surface area contributed by atoms with Crippen LogP contribution in [0.4, 0.5) is 5.69 Å². The second kappa shape index (κ2) is 9.09. The van der Waals surface area contributed by atoms with Crippen LogP contribution in [0, 0.1) is 0 Å². The minimum Gasteiger partial charge on any atom is -0.491 e. The Hall–Kier alpha value is -1.75. The maximum Gasteiger partial charge on any atom is 0.119 e. The van der Waals surface area contributed by atoms with Gasteiger partial charge in [-0.1, -0.05) is 35.9 Å². The van der Waals surface area contributed by atoms with Gasteiger partial charge in [0.25, 0.3) is 0 Å². The monoisotopic (exact) mass is 360 g/mol. The average Bonchev–Trinajstić information content (AvgIpc) is 2.66. The van der Waals surface area contributed by atoms with Crippen molar-refractivity contribution in [2.75, 3.05) is 44.2 Å². The third-order valence-electron chi connectivity index (χ3n) is 4.51. The van der Waals surface area contributed by atoms with E-state index in [4.69, 9.17) is 16.3 Å². The molecule has 2 aromatic rings. The smallest absolute Gasteiger partial charge is 0.119 e. The van der Waals surface area contributed by atoms with Gasteiger partial charge in [0.15, 0.2) is 0 Å². The summed E-state index contributed by atoms with van der Waals surface area (Å²) in [6.45, 7) is 5.20. The zero-order valence-electron chi connectivity index (χ0n) is 14.4. The molecule has 5 heteroatoms. The van der Waals surface area contributed by atoms with Gasteiger partial charge in [0.05, 0.1) is 6.10 Å². The third-order valence-corrected chi connectivity index (χ3v) is 4.74. The number of hydrogen-bond donors (Lipinski definition) is 1. The fraction of sp³-hybridized carbons (Fsp3) is 0.400. The summed E-state index contributed by atoms with van der Waals surface area (Å²) < 4.78 is 5.60. The summed E-state index contributed by atoms with van der Waals surface area (Å²) in [6, 6.07) is 17.6. The van der Waals surface area contributed by atoms with Gasteiger partial charge >= 0.3 is 0 Å². The van der Waals surface area contributed by atoms with Gasteiger partial charge in [-0.05, 0) is 36.8 Å². The summed E-state index contributed by atoms with van der Waals surface area (Å²) in [7, 11) is 0. The zero-order chi connectivity index (χ0) is 17.5. The summed E-state index contributed by atoms with van der Waals surface area (Å²) in [5, 5.41) is 10.9. The molecule has 0 amide bonds. The number of anilines is 1. The van der Waals surface area contributed by atoms with Crippen molar-refractivity contribution in [1.82, 2.24) is 4.90 Å². The molecule has 0 bridgehead atoms. The molecule has 3 rings (SSSR count). The first-order valence-corrected chi connectivity index (χ1v) is 9.17. The molecule has 1 saturated heterocycles. The van der Waals surface area contributed by atoms with Gasteiger partial charge in [0, 0.05) is 43.4 Å². The highest BCUT2D eigenvalue weighted by Gasteiger charge is 2.18. The van der Waals surface area contributed by atoms with Crippen LogP contribution >= 0.6 is 11.6 Å². The Bertz CT molecular complexity index is 645. The van der Waals surface area contributed by atoms with Crippen LogP contribution in [0.3, 0.4) is 0 Å². The predicted octanol–water partition coefficient (Wildman–Crippen LogP) is 3.29. The zero-order valence-corrected chi connectivity index (χ0v) is 15.1. The first-order chi connectivity index (χ1) is 12.2. The lowest BCUT2D eigenvalue weighted by Gasteiger charge is -2.36. The lowest BCUT2D eigenvalue weighted by atomic mass is 10.2. The van der Waals surface area contributed by atoms with E-state index in [0.29, 0.717) is 6.61 Å². The van der Waals surface area contributed by atoms with Crippen molar-refractivity contribution in [2.24, 2.45) is 0 Å². The second-order valence-electron chi connectivity index (χ2n) is 6.38. The molecule has 1 N–H and O–H groups in total. The topological polar surface area (TPSA) is 35.9 Å². The minimum atomic E-state index is -0.439. The first kappa shape index (κ1) is 18.1. The molecule has 0 saturated carbocycles. The Morgan fingerprint density at radius 2 is 1.76 bits per heavy atom. The van der Waals surface area contributed by atoms with Crippen molar-refractivity contribution >= 4 is 17.3 Å². The lowest BCUT2D eigenvalue weighted by Crippen LogP contribution is -2.47. The molecular formula is C20H25ClN2O2. The van der Waals surface area contributed by atoms with E-state index in [1.165, 1.54) is 5.69 Å². The van der Waals surface area contributed by atoms with Gasteiger partial charge in [0.1, 0.15) is 12.4 Å². The highest BCUT2D eigenvalue weighted by atomic mass is 35.5. The van der Waals surface area contributed by atoms with Gasteiger partial charge in [-0.25, -0.2) is 0 Å². The highest BCUT2D eigenvalue weighted by molar-refractivity contribution is 6.30. The molecule has 1 aliphatic rings. The van der Waals surface area contributed by atoms with E-state index < -0.39 is 6.10 Å². The summed E-state index contributed by atoms with van der Waals surface area (Å²) in [4.78, 5) is 4.75. The number of rotatable bonds is 7. The molecule has 0 radical (unpaired) electrons. The number of hydrogen-bond acceptors (Lipinski definition) is 4. The van der Waals surface area contributed by atoms with E-state index in [2.05, 4.69) is 15.9 Å². The molecule has 0 aromatic heterocycles. The number of ether oxygens (including phenoxy) is 1. The standard InChI is InChI=1S/C20H25ClN2O2/c21-17-5-4-6-18(15-17)23-13-11-22(12-14-23)10-9-19(24)16-25-20-7-2-1-3-8-20/h1-8,15,19,24H,9-14,16H2. The van der Waals surface area contributed by atoms with Crippen LogP contribution in [-0.2, 0) is 0 Å². The minimum absolute atomic E-state index is 0.340. The Labute approximate surface area is 154 Å². The van der Waals surface area contributed by atoms with Crippen molar-refractivity contribution in [3.05, 3.63) is 59.6 Å². The van der Waals surface area contributed by atoms with Gasteiger partial charge in [-0.2, -0.15) is 0 Å². The second-order valence-corrected chi connectivity index (χ2v) is 6.81. The molecule has 4 nitrogen and oxygen atoms in total. The van der Waals surface area contributed by atoms with Gasteiger partial charge in [-0.3, -0.25) is 4.90 Å². The van der Waals surface area contributed by atoms with Crippen molar-refractivity contribution in [3.8, 4) is 5.75 Å². The van der Waals surface area contributed by atoms with E-state index in [1.807, 2.05) is 48.5 Å². The van der Waals surface area contributed by atoms with Crippen LogP contribution in [0.2, 0.25) is 5.02 Å². The van der Waals surface area contributed by atoms with Crippen LogP contribution in [0.5, 0.6) is 5.75 Å². The Morgan fingerprint density at radius 3 is 2.48 bits per heavy atom. The summed E-state index contributed by atoms with van der Waals surface area (Å²) in [5.74, 6) is 0.802. The van der Waals surface area contributed by atoms with Gasteiger partial charge < -0.3 is 14.7 Å². The fourth-order valence-electron chi connectivity index (χ4n) is 3.03. The summed E-state index contributed by atoms with van der Waals surface area (Å²) >= 11 is 6.07. The normalized spacial score (nSPS) is 16.6. The van der Waals surface area contributed by atoms with Gasteiger partial charge in [-0.15, -0.1) is 0 Å². The van der Waals surface area contributed by atoms with E-state index in [9.17, 15) is 5.11 Å². The largest absolute Gasteiger partial charge is 0.491 e. The number of para-hydroxylation sites is 1. The molecule has 1 atom stereocenters. The molecule has 0 spiro atoms. The number of benzene rings is 2. The molecule has 1 fully saturated rings. The Morgan fingerprint density at radius 1 is 1.00 bits per heavy atom. The predicted molar refractivity (Wildman–Crippen MR) is 103 cm³/mol. The van der Waals surface area contributed by atoms with E-state index in [1.54, 1.807) is 0 Å². The molecular weight excluding hydrogens is 336 g/mol. The molecule has 25 heavy (non-hydrogen) atoms. The van der Waals surface area contributed by atoms with Gasteiger partial charge in [0.2, 0.25) is 0 Å². The summed E-state index contributed by atoms with van der Waals surface area (Å²) in [6.07, 6.45) is 0.287. The molecule has 1 unspecified atom stereocenters. The fourth-order valence-corrected chi connectivity index (χ4v) is 3.21. The molecule has 1 heterocycles. The highest BCUT2D eigenvalue weighted by Crippen LogP contribution is 2.20. The molecule has 2 aromatic carbocycles. The van der Waals surface area contributed by atoms with Crippen LogP contribution in [-0.4, -0.2) is 55.4 Å². The molecule has 134 valence electrons. The van der Waals surface area contributed by atoms with Crippen LogP contribution in [0.25, 0.3) is 0 Å². The number of aliphatic hydroxyl groups is 1. The Balaban J connectivity index is 1.36. The number of halogens is 1. The SMILES string of the molecule is OC(CCN1CCN(c2cccc(Cl)c2)CC1)COc1ccccc1. The molecule has 0 aliphatic carbocycles. The summed E-state index contributed by atoms with van der Waals surface area (Å²) in [5.41, 5.74) is 1.18. The van der Waals surface area contributed by atoms with Crippen molar-refractivity contribution in [3.63, 3.8) is 0 Å². The van der Waals surface area contributed by atoms with Crippen molar-refractivity contribution in [2.45, 2.75) is 12.5 Å². The number of nitrogens with zero attached hydrogens (tertiary/aromatic N) is 2. The quantitative estimate of drug-likeness (QED) is 0.822. The van der Waals surface area contributed by atoms with Crippen molar-refractivity contribution in [1.29, 1.82) is 0 Å². The van der Waals surface area contributed by atoms with Crippen LogP contribution in [0.1, 0.15) is 6.42 Å². The van der Waals surface area contributed by atoms with Crippen LogP contribution in [0.15, 0.2) is 54.6 Å². The lowest BCUT2D eigenvalue weighted by molar-refractivity contribution is 0.0866. The number of piperazine rings is 1. The Kier molecular flexibility index (Phi) is 6.56. The maximum atomic E-state index is 10.1. The van der Waals surface area contributed by atoms with E-state index in [0.717, 1.165) is 49.9 Å².